The van der Waals surface area contributed by atoms with Crippen molar-refractivity contribution in [3.8, 4) is 0 Å². The second kappa shape index (κ2) is 11.8. The first kappa shape index (κ1) is 28.9. The Bertz CT molecular complexity index is 1220. The normalized spacial score (nSPS) is 28.1. The molecule has 0 aromatic heterocycles. The molecule has 0 N–H and O–H groups in total. The van der Waals surface area contributed by atoms with E-state index < -0.39 is 11.7 Å². The van der Waals surface area contributed by atoms with Crippen LogP contribution in [0.4, 0.5) is 18.9 Å². The fourth-order valence-electron chi connectivity index (χ4n) is 7.93. The van der Waals surface area contributed by atoms with E-state index in [1.165, 1.54) is 37.8 Å². The van der Waals surface area contributed by atoms with Crippen LogP contribution in [0.5, 0.6) is 0 Å². The van der Waals surface area contributed by atoms with Gasteiger partial charge in [0.2, 0.25) is 5.91 Å². The van der Waals surface area contributed by atoms with Gasteiger partial charge in [-0.1, -0.05) is 49.6 Å². The first-order valence-corrected chi connectivity index (χ1v) is 15.8. The standard InChI is InChI=1S/C33H41ClF3N3O/c1-22-18-40(19-28(22)27-14-11-24(33(35,36)37)17-31(27)38-15-5-2-6-16-38)32(41)30-21-39(26-7-3-4-8-26)20-29(30)23-9-12-25(34)13-10-23/h9-14,17,22,26,28-30H,2-8,15-16,18-21H2,1H3/t22-,28-,29-,30?/m0/s1. The highest BCUT2D eigenvalue weighted by Gasteiger charge is 2.45. The molecule has 2 aromatic carbocycles. The number of halogens is 4. The summed E-state index contributed by atoms with van der Waals surface area (Å²) in [6, 6.07) is 12.8. The lowest BCUT2D eigenvalue weighted by molar-refractivity contribution is -0.137. The minimum absolute atomic E-state index is 0.0134. The number of hydrogen-bond donors (Lipinski definition) is 0. The third-order valence-corrected chi connectivity index (χ3v) is 10.4. The molecule has 41 heavy (non-hydrogen) atoms. The molecule has 4 fully saturated rings. The van der Waals surface area contributed by atoms with Crippen molar-refractivity contribution in [3.63, 3.8) is 0 Å². The van der Waals surface area contributed by atoms with Crippen LogP contribution in [-0.4, -0.2) is 61.0 Å². The highest BCUT2D eigenvalue weighted by atomic mass is 35.5. The molecule has 4 atom stereocenters. The Morgan fingerprint density at radius 1 is 0.854 bits per heavy atom. The van der Waals surface area contributed by atoms with Gasteiger partial charge in [0.1, 0.15) is 0 Å². The SMILES string of the molecule is C[C@H]1CN(C(=O)C2CN(C3CCCC3)C[C@H]2c2ccc(Cl)cc2)C[C@@H]1c1ccc(C(F)(F)F)cc1N1CCCCC1. The Morgan fingerprint density at radius 3 is 2.24 bits per heavy atom. The molecule has 1 saturated carbocycles. The molecule has 3 heterocycles. The van der Waals surface area contributed by atoms with Gasteiger partial charge in [-0.25, -0.2) is 0 Å². The van der Waals surface area contributed by atoms with E-state index in [2.05, 4.69) is 28.9 Å². The lowest BCUT2D eigenvalue weighted by Crippen LogP contribution is -2.38. The average molecular weight is 588 g/mol. The van der Waals surface area contributed by atoms with Crippen LogP contribution in [0.2, 0.25) is 5.02 Å². The molecule has 1 amide bonds. The van der Waals surface area contributed by atoms with E-state index in [1.807, 2.05) is 17.0 Å². The first-order valence-electron chi connectivity index (χ1n) is 15.4. The van der Waals surface area contributed by atoms with Crippen molar-refractivity contribution in [3.05, 3.63) is 64.2 Å². The van der Waals surface area contributed by atoms with Crippen LogP contribution in [0.1, 0.15) is 80.4 Å². The summed E-state index contributed by atoms with van der Waals surface area (Å²) in [6.07, 6.45) is 3.62. The van der Waals surface area contributed by atoms with Crippen molar-refractivity contribution in [2.45, 2.75) is 75.9 Å². The Labute approximate surface area is 246 Å². The maximum absolute atomic E-state index is 14.3. The highest BCUT2D eigenvalue weighted by Crippen LogP contribution is 2.44. The van der Waals surface area contributed by atoms with E-state index in [1.54, 1.807) is 6.07 Å². The average Bonchev–Trinajstić information content (AvgIpc) is 3.73. The molecule has 2 aromatic rings. The number of likely N-dealkylation sites (tertiary alicyclic amines) is 2. The number of benzene rings is 2. The van der Waals surface area contributed by atoms with Crippen LogP contribution in [0.3, 0.4) is 0 Å². The zero-order valence-electron chi connectivity index (χ0n) is 23.9. The summed E-state index contributed by atoms with van der Waals surface area (Å²) < 4.78 is 41.2. The molecule has 1 aliphatic carbocycles. The molecular formula is C33H41ClF3N3O. The Kier molecular flexibility index (Phi) is 8.30. The summed E-state index contributed by atoms with van der Waals surface area (Å²) in [5.74, 6) is 0.354. The Morgan fingerprint density at radius 2 is 1.56 bits per heavy atom. The monoisotopic (exact) mass is 587 g/mol. The van der Waals surface area contributed by atoms with Gasteiger partial charge < -0.3 is 9.80 Å². The van der Waals surface area contributed by atoms with Crippen LogP contribution < -0.4 is 4.90 Å². The van der Waals surface area contributed by atoms with E-state index in [4.69, 9.17) is 11.6 Å². The molecule has 6 rings (SSSR count). The van der Waals surface area contributed by atoms with E-state index in [0.29, 0.717) is 29.8 Å². The van der Waals surface area contributed by atoms with Gasteiger partial charge in [-0.3, -0.25) is 9.69 Å². The Hall–Kier alpha value is -2.25. The zero-order chi connectivity index (χ0) is 28.7. The van der Waals surface area contributed by atoms with Crippen molar-refractivity contribution in [2.24, 2.45) is 11.8 Å². The largest absolute Gasteiger partial charge is 0.416 e. The van der Waals surface area contributed by atoms with E-state index in [9.17, 15) is 18.0 Å². The number of amides is 1. The molecule has 0 radical (unpaired) electrons. The van der Waals surface area contributed by atoms with E-state index in [-0.39, 0.29) is 29.6 Å². The maximum atomic E-state index is 14.3. The van der Waals surface area contributed by atoms with Gasteiger partial charge in [0.25, 0.3) is 0 Å². The summed E-state index contributed by atoms with van der Waals surface area (Å²) in [4.78, 5) is 21.0. The minimum atomic E-state index is -4.38. The second-order valence-corrected chi connectivity index (χ2v) is 13.2. The first-order chi connectivity index (χ1) is 19.7. The number of carbonyl (C=O) groups is 1. The van der Waals surface area contributed by atoms with Crippen LogP contribution in [0.25, 0.3) is 0 Å². The van der Waals surface area contributed by atoms with Gasteiger partial charge in [-0.15, -0.1) is 0 Å². The molecule has 0 bridgehead atoms. The van der Waals surface area contributed by atoms with Crippen molar-refractivity contribution in [1.29, 1.82) is 0 Å². The third-order valence-electron chi connectivity index (χ3n) is 10.2. The van der Waals surface area contributed by atoms with Crippen molar-refractivity contribution in [1.82, 2.24) is 9.80 Å². The van der Waals surface area contributed by atoms with Crippen LogP contribution in [0.15, 0.2) is 42.5 Å². The molecular weight excluding hydrogens is 547 g/mol. The van der Waals surface area contributed by atoms with Gasteiger partial charge in [0.15, 0.2) is 0 Å². The lowest BCUT2D eigenvalue weighted by Gasteiger charge is -2.33. The van der Waals surface area contributed by atoms with Gasteiger partial charge in [0.05, 0.1) is 11.5 Å². The number of carbonyl (C=O) groups excluding carboxylic acids is 1. The fourth-order valence-corrected chi connectivity index (χ4v) is 8.05. The van der Waals surface area contributed by atoms with Crippen molar-refractivity contribution >= 4 is 23.2 Å². The number of rotatable bonds is 5. The number of hydrogen-bond acceptors (Lipinski definition) is 3. The predicted octanol–water partition coefficient (Wildman–Crippen LogP) is 7.57. The van der Waals surface area contributed by atoms with Crippen LogP contribution in [-0.2, 0) is 11.0 Å². The number of piperidine rings is 1. The van der Waals surface area contributed by atoms with Gasteiger partial charge in [-0.2, -0.15) is 13.2 Å². The smallest absolute Gasteiger partial charge is 0.371 e. The van der Waals surface area contributed by atoms with Gasteiger partial charge >= 0.3 is 6.18 Å². The summed E-state index contributed by atoms with van der Waals surface area (Å²) in [7, 11) is 0. The van der Waals surface area contributed by atoms with Crippen LogP contribution in [0, 0.1) is 11.8 Å². The molecule has 3 saturated heterocycles. The molecule has 0 spiro atoms. The number of anilines is 1. The second-order valence-electron chi connectivity index (χ2n) is 12.8. The van der Waals surface area contributed by atoms with Crippen molar-refractivity contribution < 1.29 is 18.0 Å². The summed E-state index contributed by atoms with van der Waals surface area (Å²) in [6.45, 7) is 6.54. The molecule has 3 aliphatic heterocycles. The zero-order valence-corrected chi connectivity index (χ0v) is 24.6. The molecule has 4 aliphatic rings. The number of nitrogens with zero attached hydrogens (tertiary/aromatic N) is 3. The molecule has 4 nitrogen and oxygen atoms in total. The van der Waals surface area contributed by atoms with Gasteiger partial charge in [-0.05, 0) is 73.4 Å². The minimum Gasteiger partial charge on any atom is -0.371 e. The van der Waals surface area contributed by atoms with Crippen LogP contribution >= 0.6 is 11.6 Å². The Balaban J connectivity index is 1.26. The predicted molar refractivity (Wildman–Crippen MR) is 158 cm³/mol. The maximum Gasteiger partial charge on any atom is 0.416 e. The molecule has 1 unspecified atom stereocenters. The summed E-state index contributed by atoms with van der Waals surface area (Å²) in [5, 5.41) is 0.694. The fraction of sp³-hybridized carbons (Fsp3) is 0.606. The van der Waals surface area contributed by atoms with Gasteiger partial charge in [0, 0.05) is 67.9 Å². The lowest BCUT2D eigenvalue weighted by atomic mass is 9.87. The highest BCUT2D eigenvalue weighted by molar-refractivity contribution is 6.30. The molecule has 8 heteroatoms. The summed E-state index contributed by atoms with van der Waals surface area (Å²) >= 11 is 6.20. The van der Waals surface area contributed by atoms with Crippen molar-refractivity contribution in [2.75, 3.05) is 44.2 Å². The quantitative estimate of drug-likeness (QED) is 0.361. The summed E-state index contributed by atoms with van der Waals surface area (Å²) in [5.41, 5.74) is 2.23. The van der Waals surface area contributed by atoms with E-state index in [0.717, 1.165) is 56.6 Å². The number of alkyl halides is 3. The van der Waals surface area contributed by atoms with E-state index >= 15 is 0 Å². The topological polar surface area (TPSA) is 26.8 Å². The third kappa shape index (κ3) is 5.99. The molecule has 222 valence electrons.